The van der Waals surface area contributed by atoms with Crippen LogP contribution in [0.5, 0.6) is 0 Å². The van der Waals surface area contributed by atoms with Gasteiger partial charge in [-0.3, -0.25) is 0 Å². The van der Waals surface area contributed by atoms with Gasteiger partial charge in [-0.15, -0.1) is 0 Å². The molecule has 2 aromatic carbocycles. The Morgan fingerprint density at radius 3 is 2.50 bits per heavy atom. The SMILES string of the molecule is O=C(O)c1cccc(-c2ncc(-c3ccccc3)[nH]2)c1. The molecule has 1 heterocycles. The van der Waals surface area contributed by atoms with Crippen LogP contribution >= 0.6 is 0 Å². The van der Waals surface area contributed by atoms with Gasteiger partial charge in [0.25, 0.3) is 0 Å². The zero-order valence-corrected chi connectivity index (χ0v) is 10.6. The van der Waals surface area contributed by atoms with E-state index in [1.54, 1.807) is 24.4 Å². The molecular formula is C16H12N2O2. The van der Waals surface area contributed by atoms with E-state index >= 15 is 0 Å². The smallest absolute Gasteiger partial charge is 0.335 e. The highest BCUT2D eigenvalue weighted by molar-refractivity contribution is 5.89. The molecule has 3 rings (SSSR count). The summed E-state index contributed by atoms with van der Waals surface area (Å²) >= 11 is 0. The average molecular weight is 264 g/mol. The fourth-order valence-corrected chi connectivity index (χ4v) is 2.03. The molecule has 4 nitrogen and oxygen atoms in total. The molecule has 0 fully saturated rings. The third-order valence-corrected chi connectivity index (χ3v) is 3.04. The third-order valence-electron chi connectivity index (χ3n) is 3.04. The van der Waals surface area contributed by atoms with Crippen molar-refractivity contribution in [3.8, 4) is 22.6 Å². The van der Waals surface area contributed by atoms with Crippen molar-refractivity contribution in [3.63, 3.8) is 0 Å². The second-order valence-corrected chi connectivity index (χ2v) is 4.40. The summed E-state index contributed by atoms with van der Waals surface area (Å²) in [6.07, 6.45) is 1.75. The van der Waals surface area contributed by atoms with Crippen molar-refractivity contribution >= 4 is 5.97 Å². The number of H-pyrrole nitrogens is 1. The minimum Gasteiger partial charge on any atom is -0.478 e. The summed E-state index contributed by atoms with van der Waals surface area (Å²) in [6, 6.07) is 16.6. The number of aromatic nitrogens is 2. The fourth-order valence-electron chi connectivity index (χ4n) is 2.03. The predicted molar refractivity (Wildman–Crippen MR) is 76.4 cm³/mol. The minimum absolute atomic E-state index is 0.250. The van der Waals surface area contributed by atoms with Gasteiger partial charge in [0.05, 0.1) is 17.5 Å². The van der Waals surface area contributed by atoms with Crippen LogP contribution in [0.2, 0.25) is 0 Å². The van der Waals surface area contributed by atoms with Crippen molar-refractivity contribution in [2.45, 2.75) is 0 Å². The lowest BCUT2D eigenvalue weighted by molar-refractivity contribution is 0.0697. The third kappa shape index (κ3) is 2.31. The number of aromatic carboxylic acids is 1. The highest BCUT2D eigenvalue weighted by Gasteiger charge is 2.08. The molecule has 0 unspecified atom stereocenters. The van der Waals surface area contributed by atoms with Gasteiger partial charge in [0.2, 0.25) is 0 Å². The zero-order valence-electron chi connectivity index (χ0n) is 10.6. The monoisotopic (exact) mass is 264 g/mol. The lowest BCUT2D eigenvalue weighted by Crippen LogP contribution is -1.96. The number of carboxylic acids is 1. The first-order valence-corrected chi connectivity index (χ1v) is 6.18. The van der Waals surface area contributed by atoms with Crippen LogP contribution in [0, 0.1) is 0 Å². The first kappa shape index (κ1) is 12.2. The van der Waals surface area contributed by atoms with E-state index in [0.717, 1.165) is 16.8 Å². The lowest BCUT2D eigenvalue weighted by atomic mass is 10.1. The number of benzene rings is 2. The van der Waals surface area contributed by atoms with E-state index in [1.165, 1.54) is 0 Å². The number of hydrogen-bond donors (Lipinski definition) is 2. The van der Waals surface area contributed by atoms with E-state index < -0.39 is 5.97 Å². The zero-order chi connectivity index (χ0) is 13.9. The van der Waals surface area contributed by atoms with Gasteiger partial charge in [0.1, 0.15) is 5.82 Å². The normalized spacial score (nSPS) is 10.4. The van der Waals surface area contributed by atoms with E-state index in [-0.39, 0.29) is 5.56 Å². The number of nitrogens with zero attached hydrogens (tertiary/aromatic N) is 1. The molecule has 3 aromatic rings. The Bertz CT molecular complexity index is 748. The van der Waals surface area contributed by atoms with E-state index in [0.29, 0.717) is 5.82 Å². The number of nitrogens with one attached hydrogen (secondary N) is 1. The Labute approximate surface area is 115 Å². The fraction of sp³-hybridized carbons (Fsp3) is 0. The van der Waals surface area contributed by atoms with Gasteiger partial charge in [-0.2, -0.15) is 0 Å². The van der Waals surface area contributed by atoms with Crippen LogP contribution in [0.3, 0.4) is 0 Å². The van der Waals surface area contributed by atoms with Crippen LogP contribution < -0.4 is 0 Å². The van der Waals surface area contributed by atoms with Crippen molar-refractivity contribution in [1.29, 1.82) is 0 Å². The largest absolute Gasteiger partial charge is 0.478 e. The number of rotatable bonds is 3. The van der Waals surface area contributed by atoms with Crippen LogP contribution in [0.15, 0.2) is 60.8 Å². The summed E-state index contributed by atoms with van der Waals surface area (Å²) in [5.41, 5.74) is 2.95. The van der Waals surface area contributed by atoms with Crippen LogP contribution in [0.25, 0.3) is 22.6 Å². The number of imidazole rings is 1. The quantitative estimate of drug-likeness (QED) is 0.761. The minimum atomic E-state index is -0.943. The molecule has 0 saturated heterocycles. The first-order chi connectivity index (χ1) is 9.74. The maximum absolute atomic E-state index is 11.0. The average Bonchev–Trinajstić information content (AvgIpc) is 2.98. The highest BCUT2D eigenvalue weighted by atomic mass is 16.4. The number of carbonyl (C=O) groups is 1. The number of hydrogen-bond acceptors (Lipinski definition) is 2. The van der Waals surface area contributed by atoms with E-state index in [9.17, 15) is 4.79 Å². The predicted octanol–water partition coefficient (Wildman–Crippen LogP) is 3.44. The maximum Gasteiger partial charge on any atom is 0.335 e. The molecule has 0 aliphatic rings. The Morgan fingerprint density at radius 2 is 1.75 bits per heavy atom. The Balaban J connectivity index is 1.98. The second kappa shape index (κ2) is 5.01. The standard InChI is InChI=1S/C16H12N2O2/c19-16(20)13-8-4-7-12(9-13)15-17-10-14(18-15)11-5-2-1-3-6-11/h1-10H,(H,17,18)(H,19,20). The molecule has 20 heavy (non-hydrogen) atoms. The molecule has 0 aliphatic heterocycles. The molecular weight excluding hydrogens is 252 g/mol. The van der Waals surface area contributed by atoms with Crippen molar-refractivity contribution < 1.29 is 9.90 Å². The maximum atomic E-state index is 11.0. The summed E-state index contributed by atoms with van der Waals surface area (Å²) in [7, 11) is 0. The van der Waals surface area contributed by atoms with Gasteiger partial charge < -0.3 is 10.1 Å². The van der Waals surface area contributed by atoms with Gasteiger partial charge >= 0.3 is 5.97 Å². The van der Waals surface area contributed by atoms with Crippen molar-refractivity contribution in [2.75, 3.05) is 0 Å². The van der Waals surface area contributed by atoms with E-state index in [4.69, 9.17) is 5.11 Å². The molecule has 1 aromatic heterocycles. The molecule has 2 N–H and O–H groups in total. The molecule has 0 radical (unpaired) electrons. The summed E-state index contributed by atoms with van der Waals surface area (Å²) in [5.74, 6) is -0.284. The Hall–Kier alpha value is -2.88. The van der Waals surface area contributed by atoms with Crippen molar-refractivity contribution in [3.05, 3.63) is 66.4 Å². The first-order valence-electron chi connectivity index (χ1n) is 6.18. The highest BCUT2D eigenvalue weighted by Crippen LogP contribution is 2.22. The van der Waals surface area contributed by atoms with E-state index in [1.807, 2.05) is 36.4 Å². The van der Waals surface area contributed by atoms with Gasteiger partial charge in [-0.25, -0.2) is 9.78 Å². The molecule has 4 heteroatoms. The summed E-state index contributed by atoms with van der Waals surface area (Å²) in [6.45, 7) is 0. The molecule has 98 valence electrons. The summed E-state index contributed by atoms with van der Waals surface area (Å²) in [5, 5.41) is 9.01. The van der Waals surface area contributed by atoms with Crippen LogP contribution in [0.1, 0.15) is 10.4 Å². The summed E-state index contributed by atoms with van der Waals surface area (Å²) < 4.78 is 0. The Morgan fingerprint density at radius 1 is 1.00 bits per heavy atom. The van der Waals surface area contributed by atoms with Crippen LogP contribution in [-0.2, 0) is 0 Å². The number of carboxylic acid groups (broad SMARTS) is 1. The van der Waals surface area contributed by atoms with Gasteiger partial charge in [-0.05, 0) is 17.7 Å². The molecule has 0 amide bonds. The van der Waals surface area contributed by atoms with Crippen molar-refractivity contribution in [2.24, 2.45) is 0 Å². The van der Waals surface area contributed by atoms with Crippen LogP contribution in [0.4, 0.5) is 0 Å². The molecule has 0 spiro atoms. The topological polar surface area (TPSA) is 66.0 Å². The van der Waals surface area contributed by atoms with Gasteiger partial charge in [-0.1, -0.05) is 42.5 Å². The van der Waals surface area contributed by atoms with Gasteiger partial charge in [0, 0.05) is 5.56 Å². The van der Waals surface area contributed by atoms with E-state index in [2.05, 4.69) is 9.97 Å². The molecule has 0 saturated carbocycles. The summed E-state index contributed by atoms with van der Waals surface area (Å²) in [4.78, 5) is 18.5. The molecule has 0 bridgehead atoms. The van der Waals surface area contributed by atoms with Gasteiger partial charge in [0.15, 0.2) is 0 Å². The number of aromatic amines is 1. The Kier molecular flexibility index (Phi) is 3.05. The molecule has 0 atom stereocenters. The van der Waals surface area contributed by atoms with Crippen LogP contribution in [-0.4, -0.2) is 21.0 Å². The van der Waals surface area contributed by atoms with Crippen molar-refractivity contribution in [1.82, 2.24) is 9.97 Å². The molecule has 0 aliphatic carbocycles. The second-order valence-electron chi connectivity index (χ2n) is 4.40. The lowest BCUT2D eigenvalue weighted by Gasteiger charge is -1.99.